The number of ether oxygens (including phenoxy) is 2. The Bertz CT molecular complexity index is 1200. The minimum absolute atomic E-state index is 0.0227. The molecular weight excluding hydrogens is 405 g/mol. The molecule has 0 heterocycles. The number of para-hydroxylation sites is 1. The second-order valence-corrected chi connectivity index (χ2v) is 8.15. The molecule has 3 rings (SSSR count). The van der Waals surface area contributed by atoms with Crippen LogP contribution in [0.5, 0.6) is 11.5 Å². The van der Waals surface area contributed by atoms with E-state index in [-0.39, 0.29) is 23.1 Å². The summed E-state index contributed by atoms with van der Waals surface area (Å²) in [4.78, 5) is -0.400. The summed E-state index contributed by atoms with van der Waals surface area (Å²) < 4.78 is 50.0. The summed E-state index contributed by atoms with van der Waals surface area (Å²) in [6.07, 6.45) is 1.25. The Morgan fingerprint density at radius 3 is 2.37 bits per heavy atom. The quantitative estimate of drug-likeness (QED) is 0.513. The molecule has 0 aliphatic heterocycles. The van der Waals surface area contributed by atoms with Crippen LogP contribution in [0.4, 0.5) is 4.39 Å². The lowest BCUT2D eigenvalue weighted by Crippen LogP contribution is -2.04. The molecule has 0 saturated carbocycles. The number of hydrogen-bond acceptors (Lipinski definition) is 5. The summed E-state index contributed by atoms with van der Waals surface area (Å²) in [5, 5.41) is 9.53. The Morgan fingerprint density at radius 1 is 1.03 bits per heavy atom. The van der Waals surface area contributed by atoms with Gasteiger partial charge in [0.2, 0.25) is 9.84 Å². The number of nitriles is 1. The van der Waals surface area contributed by atoms with Crippen molar-refractivity contribution in [3.05, 3.63) is 94.6 Å². The molecule has 7 heteroatoms. The van der Waals surface area contributed by atoms with Gasteiger partial charge in [-0.2, -0.15) is 5.26 Å². The van der Waals surface area contributed by atoms with Gasteiger partial charge in [-0.25, -0.2) is 12.8 Å². The van der Waals surface area contributed by atoms with E-state index in [4.69, 9.17) is 9.47 Å². The summed E-state index contributed by atoms with van der Waals surface area (Å²) in [5.74, 6) is 0.296. The van der Waals surface area contributed by atoms with E-state index in [0.717, 1.165) is 5.56 Å². The lowest BCUT2D eigenvalue weighted by Gasteiger charge is -2.14. The summed E-state index contributed by atoms with van der Waals surface area (Å²) in [7, 11) is -2.54. The number of methoxy groups -OCH3 is 1. The highest BCUT2D eigenvalue weighted by Gasteiger charge is 2.21. The predicted octanol–water partition coefficient (Wildman–Crippen LogP) is 4.75. The molecule has 0 spiro atoms. The largest absolute Gasteiger partial charge is 0.493 e. The van der Waals surface area contributed by atoms with Gasteiger partial charge in [-0.15, -0.1) is 0 Å². The van der Waals surface area contributed by atoms with E-state index in [1.54, 1.807) is 54.6 Å². The van der Waals surface area contributed by atoms with Crippen LogP contribution < -0.4 is 9.47 Å². The highest BCUT2D eigenvalue weighted by atomic mass is 32.2. The molecule has 152 valence electrons. The summed E-state index contributed by atoms with van der Waals surface area (Å²) >= 11 is 0. The average molecular weight is 423 g/mol. The van der Waals surface area contributed by atoms with Gasteiger partial charge < -0.3 is 9.47 Å². The van der Waals surface area contributed by atoms with Gasteiger partial charge in [-0.3, -0.25) is 0 Å². The third-order valence-electron chi connectivity index (χ3n) is 4.27. The summed E-state index contributed by atoms with van der Waals surface area (Å²) in [6.45, 7) is 0.106. The standard InChI is InChI=1S/C23H18FNO4S/c1-28-22-9-5-6-18(23(22)29-16-17-10-12-19(24)13-11-17)14-21(15-25)30(26,27)20-7-3-2-4-8-20/h2-14H,16H2,1H3. The monoisotopic (exact) mass is 423 g/mol. The third kappa shape index (κ3) is 4.67. The van der Waals surface area contributed by atoms with Crippen molar-refractivity contribution in [2.24, 2.45) is 0 Å². The average Bonchev–Trinajstić information content (AvgIpc) is 2.77. The number of allylic oxidation sites excluding steroid dienone is 1. The van der Waals surface area contributed by atoms with E-state index in [1.165, 1.54) is 37.5 Å². The normalized spacial score (nSPS) is 11.6. The molecule has 0 aliphatic rings. The highest BCUT2D eigenvalue weighted by Crippen LogP contribution is 2.34. The Morgan fingerprint density at radius 2 is 1.73 bits per heavy atom. The van der Waals surface area contributed by atoms with Gasteiger partial charge >= 0.3 is 0 Å². The summed E-state index contributed by atoms with van der Waals surface area (Å²) in [6, 6.07) is 20.3. The molecule has 0 aliphatic carbocycles. The van der Waals surface area contributed by atoms with Gasteiger partial charge in [-0.1, -0.05) is 42.5 Å². The molecule has 0 unspecified atom stereocenters. The maximum absolute atomic E-state index is 13.1. The van der Waals surface area contributed by atoms with Crippen molar-refractivity contribution in [2.75, 3.05) is 7.11 Å². The predicted molar refractivity (Wildman–Crippen MR) is 111 cm³/mol. The van der Waals surface area contributed by atoms with Crippen LogP contribution in [0.25, 0.3) is 6.08 Å². The fraction of sp³-hybridized carbons (Fsp3) is 0.0870. The Kier molecular flexibility index (Phi) is 6.50. The van der Waals surface area contributed by atoms with E-state index in [0.29, 0.717) is 11.3 Å². The maximum atomic E-state index is 13.1. The van der Waals surface area contributed by atoms with Crippen LogP contribution in [0.2, 0.25) is 0 Å². The van der Waals surface area contributed by atoms with E-state index in [2.05, 4.69) is 0 Å². The van der Waals surface area contributed by atoms with Gasteiger partial charge in [0, 0.05) is 5.56 Å². The molecule has 0 saturated heterocycles. The van der Waals surface area contributed by atoms with Crippen molar-refractivity contribution in [1.29, 1.82) is 5.26 Å². The molecule has 5 nitrogen and oxygen atoms in total. The zero-order valence-corrected chi connectivity index (χ0v) is 16.9. The third-order valence-corrected chi connectivity index (χ3v) is 5.95. The Labute approximate surface area is 174 Å². The number of halogens is 1. The lowest BCUT2D eigenvalue weighted by atomic mass is 10.1. The van der Waals surface area contributed by atoms with Crippen molar-refractivity contribution in [3.63, 3.8) is 0 Å². The van der Waals surface area contributed by atoms with Crippen LogP contribution in [0.15, 0.2) is 82.6 Å². The van der Waals surface area contributed by atoms with Crippen LogP contribution in [-0.2, 0) is 16.4 Å². The first-order chi connectivity index (χ1) is 14.5. The Hall–Kier alpha value is -3.63. The number of sulfone groups is 1. The van der Waals surface area contributed by atoms with Crippen LogP contribution in [0.3, 0.4) is 0 Å². The zero-order valence-electron chi connectivity index (χ0n) is 16.1. The molecule has 0 amide bonds. The highest BCUT2D eigenvalue weighted by molar-refractivity contribution is 7.95. The van der Waals surface area contributed by atoms with Gasteiger partial charge in [0.25, 0.3) is 0 Å². The molecule has 0 fully saturated rings. The second kappa shape index (κ2) is 9.25. The van der Waals surface area contributed by atoms with Crippen molar-refractivity contribution < 1.29 is 22.3 Å². The molecule has 0 bridgehead atoms. The van der Waals surface area contributed by atoms with Crippen molar-refractivity contribution >= 4 is 15.9 Å². The first kappa shape index (κ1) is 21.1. The number of benzene rings is 3. The van der Waals surface area contributed by atoms with Gasteiger partial charge in [-0.05, 0) is 42.0 Å². The summed E-state index contributed by atoms with van der Waals surface area (Å²) in [5.41, 5.74) is 1.09. The minimum Gasteiger partial charge on any atom is -0.493 e. The van der Waals surface area contributed by atoms with E-state index < -0.39 is 14.7 Å². The van der Waals surface area contributed by atoms with Crippen molar-refractivity contribution in [2.45, 2.75) is 11.5 Å². The number of nitrogens with zero attached hydrogens (tertiary/aromatic N) is 1. The maximum Gasteiger partial charge on any atom is 0.216 e. The molecule has 0 radical (unpaired) electrons. The fourth-order valence-corrected chi connectivity index (χ4v) is 3.91. The van der Waals surface area contributed by atoms with E-state index in [1.807, 2.05) is 0 Å². The topological polar surface area (TPSA) is 76.4 Å². The van der Waals surface area contributed by atoms with Crippen LogP contribution in [0.1, 0.15) is 11.1 Å². The van der Waals surface area contributed by atoms with Crippen LogP contribution in [0, 0.1) is 17.1 Å². The van der Waals surface area contributed by atoms with Crippen molar-refractivity contribution in [3.8, 4) is 17.6 Å². The van der Waals surface area contributed by atoms with Gasteiger partial charge in [0.1, 0.15) is 23.4 Å². The molecule has 3 aromatic carbocycles. The van der Waals surface area contributed by atoms with E-state index in [9.17, 15) is 18.1 Å². The lowest BCUT2D eigenvalue weighted by molar-refractivity contribution is 0.284. The molecule has 30 heavy (non-hydrogen) atoms. The molecule has 0 aromatic heterocycles. The minimum atomic E-state index is -4.00. The first-order valence-corrected chi connectivity index (χ1v) is 10.4. The Balaban J connectivity index is 2.00. The van der Waals surface area contributed by atoms with Crippen LogP contribution in [-0.4, -0.2) is 15.5 Å². The van der Waals surface area contributed by atoms with Crippen molar-refractivity contribution in [1.82, 2.24) is 0 Å². The first-order valence-electron chi connectivity index (χ1n) is 8.92. The molecule has 0 N–H and O–H groups in total. The second-order valence-electron chi connectivity index (χ2n) is 6.23. The fourth-order valence-electron chi connectivity index (χ4n) is 2.74. The molecule has 3 aromatic rings. The smallest absolute Gasteiger partial charge is 0.216 e. The zero-order chi connectivity index (χ0) is 21.6. The van der Waals surface area contributed by atoms with Gasteiger partial charge in [0.15, 0.2) is 11.5 Å². The number of hydrogen-bond donors (Lipinski definition) is 0. The SMILES string of the molecule is COc1cccc(C=C(C#N)S(=O)(=O)c2ccccc2)c1OCc1ccc(F)cc1. The van der Waals surface area contributed by atoms with E-state index >= 15 is 0 Å². The molecule has 0 atom stereocenters. The van der Waals surface area contributed by atoms with Gasteiger partial charge in [0.05, 0.1) is 12.0 Å². The number of rotatable bonds is 7. The molecular formula is C23H18FNO4S. The van der Waals surface area contributed by atoms with Crippen LogP contribution >= 0.6 is 0 Å².